The average Bonchev–Trinajstić information content (AvgIpc) is 2.36. The lowest BCUT2D eigenvalue weighted by Gasteiger charge is -2.18. The van der Waals surface area contributed by atoms with Gasteiger partial charge in [0.1, 0.15) is 0 Å². The van der Waals surface area contributed by atoms with Gasteiger partial charge in [0.2, 0.25) is 0 Å². The topological polar surface area (TPSA) is 58.4 Å². The summed E-state index contributed by atoms with van der Waals surface area (Å²) in [6.45, 7) is 4.81. The summed E-state index contributed by atoms with van der Waals surface area (Å²) >= 11 is 0. The molecule has 18 heavy (non-hydrogen) atoms. The van der Waals surface area contributed by atoms with E-state index in [1.165, 1.54) is 0 Å². The third kappa shape index (κ3) is 4.37. The highest BCUT2D eigenvalue weighted by Gasteiger charge is 2.08. The normalized spacial score (nSPS) is 12.0. The number of anilines is 1. The van der Waals surface area contributed by atoms with Gasteiger partial charge in [-0.05, 0) is 31.0 Å². The summed E-state index contributed by atoms with van der Waals surface area (Å²) in [5.41, 5.74) is 7.62. The molecule has 2 amide bonds. The van der Waals surface area contributed by atoms with Gasteiger partial charge in [0.25, 0.3) is 0 Å². The first-order valence-electron chi connectivity index (χ1n) is 6.42. The maximum absolute atomic E-state index is 11.9. The fourth-order valence-corrected chi connectivity index (χ4v) is 1.62. The summed E-state index contributed by atoms with van der Waals surface area (Å²) in [4.78, 5) is 13.6. The van der Waals surface area contributed by atoms with Gasteiger partial charge in [-0.2, -0.15) is 0 Å². The van der Waals surface area contributed by atoms with Crippen molar-refractivity contribution in [1.29, 1.82) is 0 Å². The number of amides is 2. The quantitative estimate of drug-likeness (QED) is 0.842. The maximum Gasteiger partial charge on any atom is 0.321 e. The summed E-state index contributed by atoms with van der Waals surface area (Å²) in [6.07, 6.45) is 2.10. The van der Waals surface area contributed by atoms with E-state index >= 15 is 0 Å². The lowest BCUT2D eigenvalue weighted by atomic mass is 10.1. The Morgan fingerprint density at radius 3 is 2.83 bits per heavy atom. The average molecular weight is 249 g/mol. The molecule has 3 N–H and O–H groups in total. The van der Waals surface area contributed by atoms with Crippen LogP contribution in [0.2, 0.25) is 0 Å². The van der Waals surface area contributed by atoms with Gasteiger partial charge in [0, 0.05) is 25.3 Å². The minimum absolute atomic E-state index is 0.0281. The highest BCUT2D eigenvalue weighted by molar-refractivity contribution is 5.89. The third-order valence-corrected chi connectivity index (χ3v) is 2.86. The van der Waals surface area contributed by atoms with Gasteiger partial charge in [-0.3, -0.25) is 0 Å². The van der Waals surface area contributed by atoms with E-state index in [0.717, 1.165) is 30.6 Å². The predicted molar refractivity (Wildman–Crippen MR) is 75.6 cm³/mol. The molecule has 0 saturated heterocycles. The van der Waals surface area contributed by atoms with Crippen molar-refractivity contribution in [3.05, 3.63) is 29.8 Å². The van der Waals surface area contributed by atoms with Crippen LogP contribution >= 0.6 is 0 Å². The number of nitrogens with two attached hydrogens (primary N) is 1. The Labute approximate surface area is 109 Å². The molecular formula is C14H23N3O. The zero-order valence-corrected chi connectivity index (χ0v) is 11.4. The van der Waals surface area contributed by atoms with Crippen LogP contribution in [0, 0.1) is 0 Å². The second-order valence-electron chi connectivity index (χ2n) is 4.62. The number of carbonyl (C=O) groups excluding carboxylic acids is 1. The minimum atomic E-state index is -0.0784. The van der Waals surface area contributed by atoms with Gasteiger partial charge in [0.05, 0.1) is 0 Å². The van der Waals surface area contributed by atoms with Crippen molar-refractivity contribution in [2.75, 3.05) is 18.9 Å². The number of hydrogen-bond donors (Lipinski definition) is 2. The molecule has 0 aliphatic heterocycles. The molecule has 0 bridgehead atoms. The molecule has 0 aliphatic rings. The van der Waals surface area contributed by atoms with Gasteiger partial charge in [-0.15, -0.1) is 0 Å². The van der Waals surface area contributed by atoms with Crippen LogP contribution in [0.1, 0.15) is 38.3 Å². The van der Waals surface area contributed by atoms with E-state index in [1.807, 2.05) is 31.2 Å². The van der Waals surface area contributed by atoms with Gasteiger partial charge in [0.15, 0.2) is 0 Å². The summed E-state index contributed by atoms with van der Waals surface area (Å²) < 4.78 is 0. The Bertz CT molecular complexity index is 390. The molecule has 1 rings (SSSR count). The number of benzene rings is 1. The van der Waals surface area contributed by atoms with Crippen molar-refractivity contribution < 1.29 is 4.79 Å². The van der Waals surface area contributed by atoms with Crippen molar-refractivity contribution in [2.45, 2.75) is 32.7 Å². The zero-order chi connectivity index (χ0) is 13.5. The Balaban J connectivity index is 2.61. The summed E-state index contributed by atoms with van der Waals surface area (Å²) in [5, 5.41) is 2.88. The van der Waals surface area contributed by atoms with Crippen molar-refractivity contribution in [3.8, 4) is 0 Å². The number of urea groups is 1. The van der Waals surface area contributed by atoms with Crippen LogP contribution in [0.5, 0.6) is 0 Å². The minimum Gasteiger partial charge on any atom is -0.328 e. The van der Waals surface area contributed by atoms with Crippen LogP contribution in [0.25, 0.3) is 0 Å². The van der Waals surface area contributed by atoms with Crippen LogP contribution in [0.4, 0.5) is 10.5 Å². The van der Waals surface area contributed by atoms with Crippen LogP contribution in [0.15, 0.2) is 24.3 Å². The molecule has 4 nitrogen and oxygen atoms in total. The number of rotatable bonds is 5. The SMILES string of the molecule is CCCCN(C)C(=O)Nc1cccc(C(C)N)c1. The van der Waals surface area contributed by atoms with E-state index in [0.29, 0.717) is 0 Å². The summed E-state index contributed by atoms with van der Waals surface area (Å²) in [7, 11) is 1.81. The summed E-state index contributed by atoms with van der Waals surface area (Å²) in [5.74, 6) is 0. The van der Waals surface area contributed by atoms with Gasteiger partial charge >= 0.3 is 6.03 Å². The molecule has 0 spiro atoms. The van der Waals surface area contributed by atoms with Gasteiger partial charge < -0.3 is 16.0 Å². The van der Waals surface area contributed by atoms with E-state index < -0.39 is 0 Å². The molecule has 100 valence electrons. The number of hydrogen-bond acceptors (Lipinski definition) is 2. The number of nitrogens with one attached hydrogen (secondary N) is 1. The van der Waals surface area contributed by atoms with E-state index in [9.17, 15) is 4.79 Å². The largest absolute Gasteiger partial charge is 0.328 e. The first kappa shape index (κ1) is 14.5. The molecule has 1 aromatic rings. The molecular weight excluding hydrogens is 226 g/mol. The highest BCUT2D eigenvalue weighted by atomic mass is 16.2. The lowest BCUT2D eigenvalue weighted by molar-refractivity contribution is 0.222. The third-order valence-electron chi connectivity index (χ3n) is 2.86. The molecule has 0 aromatic heterocycles. The second kappa shape index (κ2) is 7.01. The Kier molecular flexibility index (Phi) is 5.65. The van der Waals surface area contributed by atoms with Crippen molar-refractivity contribution in [1.82, 2.24) is 4.90 Å². The number of nitrogens with zero attached hydrogens (tertiary/aromatic N) is 1. The summed E-state index contributed by atoms with van der Waals surface area (Å²) in [6, 6.07) is 7.54. The molecule has 1 aromatic carbocycles. The van der Waals surface area contributed by atoms with Crippen LogP contribution in [0.3, 0.4) is 0 Å². The molecule has 1 unspecified atom stereocenters. The van der Waals surface area contributed by atoms with Crippen LogP contribution < -0.4 is 11.1 Å². The standard InChI is InChI=1S/C14H23N3O/c1-4-5-9-17(3)14(18)16-13-8-6-7-12(10-13)11(2)15/h6-8,10-11H,4-5,9,15H2,1-3H3,(H,16,18). The molecule has 0 saturated carbocycles. The maximum atomic E-state index is 11.9. The fraction of sp³-hybridized carbons (Fsp3) is 0.500. The Morgan fingerprint density at radius 2 is 2.22 bits per heavy atom. The Hall–Kier alpha value is -1.55. The van der Waals surface area contributed by atoms with Crippen LogP contribution in [-0.2, 0) is 0 Å². The van der Waals surface area contributed by atoms with Crippen molar-refractivity contribution >= 4 is 11.7 Å². The molecule has 0 heterocycles. The van der Waals surface area contributed by atoms with Crippen LogP contribution in [-0.4, -0.2) is 24.5 Å². The van der Waals surface area contributed by atoms with E-state index in [2.05, 4.69) is 12.2 Å². The number of unbranched alkanes of at least 4 members (excludes halogenated alkanes) is 1. The first-order valence-corrected chi connectivity index (χ1v) is 6.42. The van der Waals surface area contributed by atoms with E-state index in [-0.39, 0.29) is 12.1 Å². The second-order valence-corrected chi connectivity index (χ2v) is 4.62. The molecule has 0 radical (unpaired) electrons. The van der Waals surface area contributed by atoms with E-state index in [1.54, 1.807) is 11.9 Å². The predicted octanol–water partition coefficient (Wildman–Crippen LogP) is 2.97. The molecule has 1 atom stereocenters. The molecule has 0 fully saturated rings. The first-order chi connectivity index (χ1) is 8.54. The van der Waals surface area contributed by atoms with Gasteiger partial charge in [-0.25, -0.2) is 4.79 Å². The lowest BCUT2D eigenvalue weighted by Crippen LogP contribution is -2.32. The molecule has 4 heteroatoms. The highest BCUT2D eigenvalue weighted by Crippen LogP contribution is 2.15. The molecule has 0 aliphatic carbocycles. The van der Waals surface area contributed by atoms with E-state index in [4.69, 9.17) is 5.73 Å². The monoisotopic (exact) mass is 249 g/mol. The Morgan fingerprint density at radius 1 is 1.50 bits per heavy atom. The van der Waals surface area contributed by atoms with Crippen molar-refractivity contribution in [3.63, 3.8) is 0 Å². The smallest absolute Gasteiger partial charge is 0.321 e. The fourth-order valence-electron chi connectivity index (χ4n) is 1.62. The zero-order valence-electron chi connectivity index (χ0n) is 11.4. The number of carbonyl (C=O) groups is 1. The van der Waals surface area contributed by atoms with Gasteiger partial charge in [-0.1, -0.05) is 25.5 Å². The van der Waals surface area contributed by atoms with Crippen molar-refractivity contribution in [2.24, 2.45) is 5.73 Å².